The number of benzene rings is 2. The molecule has 0 spiro atoms. The van der Waals surface area contributed by atoms with Gasteiger partial charge in [0.15, 0.2) is 0 Å². The fourth-order valence-electron chi connectivity index (χ4n) is 3.37. The van der Waals surface area contributed by atoms with Crippen molar-refractivity contribution in [3.63, 3.8) is 0 Å². The summed E-state index contributed by atoms with van der Waals surface area (Å²) in [6.45, 7) is 0.843. The summed E-state index contributed by atoms with van der Waals surface area (Å²) >= 11 is 0. The largest absolute Gasteiger partial charge is 0.397 e. The van der Waals surface area contributed by atoms with Crippen LogP contribution in [-0.4, -0.2) is 42.5 Å². The first-order valence-corrected chi connectivity index (χ1v) is 10.9. The Morgan fingerprint density at radius 3 is 2.53 bits per heavy atom. The van der Waals surface area contributed by atoms with Gasteiger partial charge >= 0.3 is 6.03 Å². The number of para-hydroxylation sites is 2. The standard InChI is InChI=1S/C25H29FN6O2/c1-32(2)14-6-11-21(31-25(34)29-19-8-5-7-18(26)15-19)17-12-13-23(28-16-17)24(33)30-22-10-4-3-9-20(22)27/h3-5,7-10,12-13,15-16,21H,6,11,14,27H2,1-2H3,(H,30,33)(H2,29,31,34). The number of hydrogen-bond acceptors (Lipinski definition) is 5. The average Bonchev–Trinajstić information content (AvgIpc) is 2.80. The highest BCUT2D eigenvalue weighted by Crippen LogP contribution is 2.21. The van der Waals surface area contributed by atoms with Gasteiger partial charge in [-0.1, -0.05) is 24.3 Å². The number of aromatic nitrogens is 1. The third-order valence-electron chi connectivity index (χ3n) is 5.12. The van der Waals surface area contributed by atoms with Gasteiger partial charge in [0.1, 0.15) is 11.5 Å². The molecule has 1 heterocycles. The fourth-order valence-corrected chi connectivity index (χ4v) is 3.37. The van der Waals surface area contributed by atoms with E-state index in [0.29, 0.717) is 23.5 Å². The first-order valence-electron chi connectivity index (χ1n) is 10.9. The summed E-state index contributed by atoms with van der Waals surface area (Å²) in [6, 6.07) is 15.2. The first-order chi connectivity index (χ1) is 16.3. The SMILES string of the molecule is CN(C)CCCC(NC(=O)Nc1cccc(F)c1)c1ccc(C(=O)Nc2ccccc2N)nc1. The quantitative estimate of drug-likeness (QED) is 0.354. The van der Waals surface area contributed by atoms with E-state index in [1.165, 1.54) is 18.2 Å². The zero-order valence-corrected chi connectivity index (χ0v) is 19.2. The predicted octanol–water partition coefficient (Wildman–Crippen LogP) is 4.26. The number of carbonyl (C=O) groups is 2. The van der Waals surface area contributed by atoms with Gasteiger partial charge in [-0.15, -0.1) is 0 Å². The van der Waals surface area contributed by atoms with E-state index in [0.717, 1.165) is 18.5 Å². The van der Waals surface area contributed by atoms with Crippen LogP contribution in [0.5, 0.6) is 0 Å². The number of anilines is 3. The smallest absolute Gasteiger partial charge is 0.319 e. The summed E-state index contributed by atoms with van der Waals surface area (Å²) in [5.74, 6) is -0.818. The molecule has 1 atom stereocenters. The van der Waals surface area contributed by atoms with Crippen molar-refractivity contribution in [2.24, 2.45) is 0 Å². The lowest BCUT2D eigenvalue weighted by molar-refractivity contribution is 0.102. The number of amides is 3. The Kier molecular flexibility index (Phi) is 8.53. The number of carbonyl (C=O) groups excluding carboxylic acids is 2. The molecule has 34 heavy (non-hydrogen) atoms. The van der Waals surface area contributed by atoms with Gasteiger partial charge in [0.2, 0.25) is 0 Å². The minimum absolute atomic E-state index is 0.225. The van der Waals surface area contributed by atoms with Crippen LogP contribution in [-0.2, 0) is 0 Å². The zero-order chi connectivity index (χ0) is 24.5. The summed E-state index contributed by atoms with van der Waals surface area (Å²) in [6.07, 6.45) is 3.06. The molecule has 0 aliphatic carbocycles. The predicted molar refractivity (Wildman–Crippen MR) is 132 cm³/mol. The molecule has 0 aliphatic heterocycles. The van der Waals surface area contributed by atoms with Gasteiger partial charge in [-0.3, -0.25) is 9.78 Å². The lowest BCUT2D eigenvalue weighted by Gasteiger charge is -2.21. The minimum Gasteiger partial charge on any atom is -0.397 e. The highest BCUT2D eigenvalue weighted by molar-refractivity contribution is 6.04. The first kappa shape index (κ1) is 24.7. The second kappa shape index (κ2) is 11.8. The molecule has 0 bridgehead atoms. The van der Waals surface area contributed by atoms with Gasteiger partial charge in [-0.2, -0.15) is 0 Å². The topological polar surface area (TPSA) is 112 Å². The van der Waals surface area contributed by atoms with Crippen molar-refractivity contribution < 1.29 is 14.0 Å². The van der Waals surface area contributed by atoms with Crippen molar-refractivity contribution in [3.8, 4) is 0 Å². The zero-order valence-electron chi connectivity index (χ0n) is 19.2. The highest BCUT2D eigenvalue weighted by Gasteiger charge is 2.17. The van der Waals surface area contributed by atoms with Crippen molar-refractivity contribution >= 4 is 29.0 Å². The van der Waals surface area contributed by atoms with Crippen LogP contribution in [0.4, 0.5) is 26.2 Å². The molecule has 0 radical (unpaired) electrons. The number of nitrogens with zero attached hydrogens (tertiary/aromatic N) is 2. The molecule has 0 aliphatic rings. The molecule has 0 saturated carbocycles. The van der Waals surface area contributed by atoms with Crippen LogP contribution in [0.15, 0.2) is 66.9 Å². The van der Waals surface area contributed by atoms with Crippen LogP contribution in [0.1, 0.15) is 34.9 Å². The van der Waals surface area contributed by atoms with E-state index in [9.17, 15) is 14.0 Å². The van der Waals surface area contributed by atoms with Gasteiger partial charge in [-0.05, 0) is 75.4 Å². The molecule has 3 amide bonds. The Balaban J connectivity index is 1.70. The number of nitrogens with two attached hydrogens (primary N) is 1. The normalized spacial score (nSPS) is 11.6. The van der Waals surface area contributed by atoms with E-state index in [1.807, 2.05) is 14.1 Å². The molecule has 1 unspecified atom stereocenters. The second-order valence-corrected chi connectivity index (χ2v) is 8.13. The molecule has 3 aromatic rings. The molecule has 0 fully saturated rings. The molecular formula is C25H29FN6O2. The van der Waals surface area contributed by atoms with E-state index in [2.05, 4.69) is 25.8 Å². The molecular weight excluding hydrogens is 435 g/mol. The van der Waals surface area contributed by atoms with Gasteiger partial charge < -0.3 is 26.6 Å². The molecule has 178 valence electrons. The number of pyridine rings is 1. The van der Waals surface area contributed by atoms with Gasteiger partial charge in [0, 0.05) is 11.9 Å². The maximum atomic E-state index is 13.4. The number of urea groups is 1. The van der Waals surface area contributed by atoms with Crippen LogP contribution in [0.25, 0.3) is 0 Å². The van der Waals surface area contributed by atoms with Crippen molar-refractivity contribution in [3.05, 3.63) is 83.9 Å². The Labute approximate surface area is 198 Å². The average molecular weight is 465 g/mol. The lowest BCUT2D eigenvalue weighted by Crippen LogP contribution is -2.33. The van der Waals surface area contributed by atoms with Crippen LogP contribution < -0.4 is 21.7 Å². The summed E-state index contributed by atoms with van der Waals surface area (Å²) in [5.41, 5.74) is 8.19. The van der Waals surface area contributed by atoms with E-state index in [4.69, 9.17) is 5.73 Å². The number of nitrogen functional groups attached to an aromatic ring is 1. The van der Waals surface area contributed by atoms with Crippen LogP contribution in [0.3, 0.4) is 0 Å². The van der Waals surface area contributed by atoms with E-state index in [1.54, 1.807) is 48.7 Å². The number of rotatable bonds is 9. The van der Waals surface area contributed by atoms with Crippen LogP contribution >= 0.6 is 0 Å². The number of halogens is 1. The Morgan fingerprint density at radius 2 is 1.85 bits per heavy atom. The number of hydrogen-bond donors (Lipinski definition) is 4. The molecule has 8 nitrogen and oxygen atoms in total. The summed E-state index contributed by atoms with van der Waals surface area (Å²) in [4.78, 5) is 31.5. The Hall–Kier alpha value is -3.98. The van der Waals surface area contributed by atoms with Crippen molar-refractivity contribution in [2.75, 3.05) is 37.0 Å². The monoisotopic (exact) mass is 464 g/mol. The maximum Gasteiger partial charge on any atom is 0.319 e. The van der Waals surface area contributed by atoms with E-state index in [-0.39, 0.29) is 17.6 Å². The lowest BCUT2D eigenvalue weighted by atomic mass is 10.0. The third kappa shape index (κ3) is 7.28. The van der Waals surface area contributed by atoms with Crippen molar-refractivity contribution in [1.82, 2.24) is 15.2 Å². The Bertz CT molecular complexity index is 1120. The molecule has 3 rings (SSSR count). The summed E-state index contributed by atoms with van der Waals surface area (Å²) < 4.78 is 13.4. The molecule has 1 aromatic heterocycles. The minimum atomic E-state index is -0.457. The molecule has 9 heteroatoms. The van der Waals surface area contributed by atoms with Crippen LogP contribution in [0, 0.1) is 5.82 Å². The maximum absolute atomic E-state index is 13.4. The highest BCUT2D eigenvalue weighted by atomic mass is 19.1. The van der Waals surface area contributed by atoms with Crippen molar-refractivity contribution in [2.45, 2.75) is 18.9 Å². The number of nitrogens with one attached hydrogen (secondary N) is 3. The second-order valence-electron chi connectivity index (χ2n) is 8.13. The third-order valence-corrected chi connectivity index (χ3v) is 5.12. The Morgan fingerprint density at radius 1 is 1.06 bits per heavy atom. The fraction of sp³-hybridized carbons (Fsp3) is 0.240. The van der Waals surface area contributed by atoms with Gasteiger partial charge in [0.05, 0.1) is 17.4 Å². The molecule has 0 saturated heterocycles. The summed E-state index contributed by atoms with van der Waals surface area (Å²) in [7, 11) is 3.96. The van der Waals surface area contributed by atoms with Crippen LogP contribution in [0.2, 0.25) is 0 Å². The summed E-state index contributed by atoms with van der Waals surface area (Å²) in [5, 5.41) is 8.31. The van der Waals surface area contributed by atoms with E-state index >= 15 is 0 Å². The molecule has 2 aromatic carbocycles. The van der Waals surface area contributed by atoms with Gasteiger partial charge in [0.25, 0.3) is 5.91 Å². The molecule has 5 N–H and O–H groups in total. The van der Waals surface area contributed by atoms with Crippen molar-refractivity contribution in [1.29, 1.82) is 0 Å². The van der Waals surface area contributed by atoms with Gasteiger partial charge in [-0.25, -0.2) is 9.18 Å². The van der Waals surface area contributed by atoms with E-state index < -0.39 is 11.8 Å².